The molecule has 0 saturated carbocycles. The summed E-state index contributed by atoms with van der Waals surface area (Å²) in [6.45, 7) is 2.55. The van der Waals surface area contributed by atoms with Crippen molar-refractivity contribution in [3.05, 3.63) is 161 Å². The first-order valence-corrected chi connectivity index (χ1v) is 17.2. The van der Waals surface area contributed by atoms with E-state index in [1.54, 1.807) is 0 Å². The van der Waals surface area contributed by atoms with Crippen molar-refractivity contribution in [2.45, 2.75) is 63.8 Å². The average molecular weight is 689 g/mol. The quantitative estimate of drug-likeness (QED) is 0.0792. The summed E-state index contributed by atoms with van der Waals surface area (Å²) in [7, 11) is 0. The predicted octanol–water partition coefficient (Wildman–Crippen LogP) is 6.75. The molecule has 0 bridgehead atoms. The molecule has 0 aliphatic rings. The number of hydrogen-bond acceptors (Lipinski definition) is 7. The lowest BCUT2D eigenvalue weighted by atomic mass is 9.98. The van der Waals surface area contributed by atoms with Gasteiger partial charge in [0.25, 0.3) is 5.91 Å². The first-order valence-electron chi connectivity index (χ1n) is 17.2. The number of nitrogens with one attached hydrogen (secondary N) is 3. The molecule has 0 aliphatic heterocycles. The van der Waals surface area contributed by atoms with Gasteiger partial charge in [0.05, 0.1) is 12.1 Å². The molecule has 1 unspecified atom stereocenters. The van der Waals surface area contributed by atoms with Gasteiger partial charge in [-0.25, -0.2) is 9.78 Å². The van der Waals surface area contributed by atoms with Gasteiger partial charge in [-0.15, -0.1) is 0 Å². The van der Waals surface area contributed by atoms with Gasteiger partial charge in [0, 0.05) is 13.0 Å². The number of alkyl carbamates (subject to hydrolysis) is 1. The third-order valence-electron chi connectivity index (χ3n) is 8.42. The first kappa shape index (κ1) is 36.5. The lowest BCUT2D eigenvalue weighted by Gasteiger charge is -2.22. The zero-order chi connectivity index (χ0) is 35.8. The van der Waals surface area contributed by atoms with E-state index in [0.717, 1.165) is 27.8 Å². The van der Waals surface area contributed by atoms with Gasteiger partial charge >= 0.3 is 6.09 Å². The van der Waals surface area contributed by atoms with Crippen LogP contribution in [0.15, 0.2) is 126 Å². The molecule has 51 heavy (non-hydrogen) atoms. The molecule has 4 aromatic carbocycles. The highest BCUT2D eigenvalue weighted by atomic mass is 16.5. The first-order chi connectivity index (χ1) is 24.9. The zero-order valence-corrected chi connectivity index (χ0v) is 28.7. The molecular formula is C41H44N4O6. The molecule has 4 N–H and O–H groups in total. The zero-order valence-electron chi connectivity index (χ0n) is 28.7. The average Bonchev–Trinajstić information content (AvgIpc) is 3.66. The molecule has 0 saturated heterocycles. The van der Waals surface area contributed by atoms with Crippen molar-refractivity contribution in [3.8, 4) is 0 Å². The van der Waals surface area contributed by atoms with Crippen LogP contribution in [-0.2, 0) is 22.6 Å². The van der Waals surface area contributed by atoms with Crippen molar-refractivity contribution in [3.63, 3.8) is 0 Å². The molecule has 1 aromatic heterocycles. The summed E-state index contributed by atoms with van der Waals surface area (Å²) in [4.78, 5) is 42.9. The highest BCUT2D eigenvalue weighted by Crippen LogP contribution is 2.24. The maximum Gasteiger partial charge on any atom is 0.407 e. The topological polar surface area (TPSA) is 143 Å². The Kier molecular flexibility index (Phi) is 13.5. The molecule has 0 aliphatic carbocycles. The van der Waals surface area contributed by atoms with E-state index >= 15 is 0 Å². The Morgan fingerprint density at radius 2 is 1.45 bits per heavy atom. The van der Waals surface area contributed by atoms with E-state index in [-0.39, 0.29) is 30.5 Å². The lowest BCUT2D eigenvalue weighted by Crippen LogP contribution is -2.40. The van der Waals surface area contributed by atoms with Gasteiger partial charge in [-0.1, -0.05) is 121 Å². The van der Waals surface area contributed by atoms with E-state index < -0.39 is 30.2 Å². The number of aryl methyl sites for hydroxylation is 2. The fraction of sp³-hybridized carbons (Fsp3) is 0.268. The molecule has 264 valence electrons. The van der Waals surface area contributed by atoms with E-state index in [0.29, 0.717) is 32.2 Å². The van der Waals surface area contributed by atoms with Crippen LogP contribution in [0.4, 0.5) is 4.79 Å². The number of carbonyl (C=O) groups excluding carboxylic acids is 3. The number of aliphatic hydroxyl groups is 1. The number of nitrogens with zero attached hydrogens (tertiary/aromatic N) is 1. The largest absolute Gasteiger partial charge is 0.445 e. The molecule has 10 nitrogen and oxygen atoms in total. The molecule has 0 radical (unpaired) electrons. The smallest absolute Gasteiger partial charge is 0.407 e. The highest BCUT2D eigenvalue weighted by Gasteiger charge is 2.28. The normalized spacial score (nSPS) is 12.1. The molecular weight excluding hydrogens is 644 g/mol. The van der Waals surface area contributed by atoms with Crippen LogP contribution in [0.3, 0.4) is 0 Å². The Hall–Kier alpha value is -5.74. The molecule has 3 amide bonds. The third kappa shape index (κ3) is 11.4. The lowest BCUT2D eigenvalue weighted by molar-refractivity contribution is -0.123. The minimum absolute atomic E-state index is 0.0134. The molecule has 2 atom stereocenters. The SMILES string of the molecule is Cc1cccc(CC[C@H](NC(=O)CCCCNC(=O)OCc2ccccc2)C(O)c2nc(C(=O)NC(c3ccccc3)c3ccccc3)co2)c1. The van der Waals surface area contributed by atoms with Gasteiger partial charge in [0.15, 0.2) is 11.8 Å². The summed E-state index contributed by atoms with van der Waals surface area (Å²) in [6, 6.07) is 35.5. The van der Waals surface area contributed by atoms with Gasteiger partial charge in [-0.2, -0.15) is 0 Å². The minimum Gasteiger partial charge on any atom is -0.445 e. The molecule has 10 heteroatoms. The number of amides is 3. The van der Waals surface area contributed by atoms with Gasteiger partial charge < -0.3 is 30.2 Å². The Morgan fingerprint density at radius 1 is 0.804 bits per heavy atom. The Balaban J connectivity index is 1.17. The van der Waals surface area contributed by atoms with Gasteiger partial charge in [0.2, 0.25) is 11.8 Å². The molecule has 0 fully saturated rings. The second-order valence-electron chi connectivity index (χ2n) is 12.4. The molecule has 5 rings (SSSR count). The van der Waals surface area contributed by atoms with Crippen LogP contribution in [-0.4, -0.2) is 40.6 Å². The van der Waals surface area contributed by atoms with Crippen molar-refractivity contribution in [2.24, 2.45) is 0 Å². The number of hydrogen-bond donors (Lipinski definition) is 4. The fourth-order valence-corrected chi connectivity index (χ4v) is 5.71. The third-order valence-corrected chi connectivity index (χ3v) is 8.42. The van der Waals surface area contributed by atoms with E-state index in [1.165, 1.54) is 6.26 Å². The molecule has 0 spiro atoms. The van der Waals surface area contributed by atoms with E-state index in [1.807, 2.05) is 116 Å². The number of oxazole rings is 1. The van der Waals surface area contributed by atoms with Crippen LogP contribution in [0.25, 0.3) is 0 Å². The maximum absolute atomic E-state index is 13.4. The van der Waals surface area contributed by atoms with Crippen LogP contribution in [0.2, 0.25) is 0 Å². The molecule has 1 heterocycles. The van der Waals surface area contributed by atoms with Crippen molar-refractivity contribution in [1.29, 1.82) is 0 Å². The van der Waals surface area contributed by atoms with Crippen LogP contribution in [0, 0.1) is 6.92 Å². The van der Waals surface area contributed by atoms with Crippen molar-refractivity contribution < 1.29 is 28.6 Å². The predicted molar refractivity (Wildman–Crippen MR) is 194 cm³/mol. The Bertz CT molecular complexity index is 1790. The maximum atomic E-state index is 13.4. The number of aliphatic hydroxyl groups excluding tert-OH is 1. The summed E-state index contributed by atoms with van der Waals surface area (Å²) in [6.07, 6.45) is 1.65. The minimum atomic E-state index is -1.31. The van der Waals surface area contributed by atoms with Crippen molar-refractivity contribution >= 4 is 17.9 Å². The number of ether oxygens (including phenoxy) is 1. The van der Waals surface area contributed by atoms with Crippen LogP contribution in [0.1, 0.15) is 82.0 Å². The van der Waals surface area contributed by atoms with Gasteiger partial charge in [0.1, 0.15) is 12.9 Å². The molecule has 5 aromatic rings. The number of aromatic nitrogens is 1. The Labute approximate surface area is 298 Å². The Morgan fingerprint density at radius 3 is 2.12 bits per heavy atom. The monoisotopic (exact) mass is 688 g/mol. The van der Waals surface area contributed by atoms with Gasteiger partial charge in [-0.3, -0.25) is 9.59 Å². The summed E-state index contributed by atoms with van der Waals surface area (Å²) < 4.78 is 10.9. The highest BCUT2D eigenvalue weighted by molar-refractivity contribution is 5.92. The van der Waals surface area contributed by atoms with Crippen LogP contribution < -0.4 is 16.0 Å². The summed E-state index contributed by atoms with van der Waals surface area (Å²) in [5.74, 6) is -0.787. The van der Waals surface area contributed by atoms with Crippen molar-refractivity contribution in [1.82, 2.24) is 20.9 Å². The van der Waals surface area contributed by atoms with Crippen molar-refractivity contribution in [2.75, 3.05) is 6.54 Å². The van der Waals surface area contributed by atoms with E-state index in [9.17, 15) is 19.5 Å². The summed E-state index contributed by atoms with van der Waals surface area (Å²) in [5.41, 5.74) is 4.88. The van der Waals surface area contributed by atoms with Crippen LogP contribution >= 0.6 is 0 Å². The standard InChI is InChI=1S/C41H44N4O6/c1-29-14-13-17-30(26-29)23-24-34(43-36(46)22-11-12-25-42-41(49)51-27-31-15-5-2-6-16-31)38(47)40-44-35(28-50-40)39(48)45-37(32-18-7-3-8-19-32)33-20-9-4-10-21-33/h2-10,13-21,26,28,34,37-38,47H,11-12,22-25,27H2,1H3,(H,42,49)(H,43,46)(H,45,48)/t34-,38?/m0/s1. The number of rotatable bonds is 17. The summed E-state index contributed by atoms with van der Waals surface area (Å²) >= 11 is 0. The van der Waals surface area contributed by atoms with E-state index in [2.05, 4.69) is 27.0 Å². The second kappa shape index (κ2) is 18.9. The second-order valence-corrected chi connectivity index (χ2v) is 12.4. The number of unbranched alkanes of at least 4 members (excludes halogenated alkanes) is 1. The number of benzene rings is 4. The van der Waals surface area contributed by atoms with Crippen LogP contribution in [0.5, 0.6) is 0 Å². The fourth-order valence-electron chi connectivity index (χ4n) is 5.71. The van der Waals surface area contributed by atoms with Gasteiger partial charge in [-0.05, 0) is 54.9 Å². The number of carbonyl (C=O) groups is 3. The summed E-state index contributed by atoms with van der Waals surface area (Å²) in [5, 5.41) is 20.1. The van der Waals surface area contributed by atoms with E-state index in [4.69, 9.17) is 9.15 Å².